The lowest BCUT2D eigenvalue weighted by Gasteiger charge is -2.38. The molecular weight excluding hydrogens is 395 g/mol. The van der Waals surface area contributed by atoms with Gasteiger partial charge >= 0.3 is 11.8 Å². The first-order chi connectivity index (χ1) is 13.9. The smallest absolute Gasteiger partial charge is 0.313 e. The van der Waals surface area contributed by atoms with E-state index in [9.17, 15) is 14.0 Å². The third kappa shape index (κ3) is 6.00. The Balaban J connectivity index is 1.64. The van der Waals surface area contributed by atoms with E-state index < -0.39 is 11.8 Å². The Bertz CT molecular complexity index is 854. The Morgan fingerprint density at radius 1 is 1.07 bits per heavy atom. The fourth-order valence-electron chi connectivity index (χ4n) is 3.30. The molecule has 0 aromatic heterocycles. The lowest BCUT2D eigenvalue weighted by Crippen LogP contribution is -2.49. The van der Waals surface area contributed by atoms with Gasteiger partial charge in [-0.1, -0.05) is 29.8 Å². The largest absolute Gasteiger partial charge is 0.346 e. The van der Waals surface area contributed by atoms with Gasteiger partial charge in [0.15, 0.2) is 0 Å². The molecule has 6 nitrogen and oxygen atoms in total. The van der Waals surface area contributed by atoms with Gasteiger partial charge in [0.1, 0.15) is 5.82 Å². The Kier molecular flexibility index (Phi) is 7.19. The van der Waals surface area contributed by atoms with Crippen LogP contribution in [0.15, 0.2) is 48.5 Å². The second-order valence-corrected chi connectivity index (χ2v) is 7.52. The SMILES string of the molecule is CN1CCN(C(CNC(=O)C(=O)Nc2cccc(Cl)c2)c2ccc(F)cc2)CC1. The van der Waals surface area contributed by atoms with Crippen LogP contribution in [-0.2, 0) is 9.59 Å². The molecule has 1 unspecified atom stereocenters. The Morgan fingerprint density at radius 2 is 1.76 bits per heavy atom. The quantitative estimate of drug-likeness (QED) is 0.732. The number of amides is 2. The molecule has 29 heavy (non-hydrogen) atoms. The van der Waals surface area contributed by atoms with Crippen LogP contribution in [0, 0.1) is 5.82 Å². The highest BCUT2D eigenvalue weighted by Gasteiger charge is 2.25. The molecule has 1 saturated heterocycles. The molecule has 0 spiro atoms. The highest BCUT2D eigenvalue weighted by Crippen LogP contribution is 2.22. The summed E-state index contributed by atoms with van der Waals surface area (Å²) in [5.74, 6) is -1.80. The summed E-state index contributed by atoms with van der Waals surface area (Å²) in [5.41, 5.74) is 1.35. The van der Waals surface area contributed by atoms with Gasteiger partial charge in [0.05, 0.1) is 6.04 Å². The summed E-state index contributed by atoms with van der Waals surface area (Å²) >= 11 is 5.90. The number of rotatable bonds is 5. The summed E-state index contributed by atoms with van der Waals surface area (Å²) < 4.78 is 13.3. The van der Waals surface area contributed by atoms with Crippen molar-refractivity contribution in [2.24, 2.45) is 0 Å². The van der Waals surface area contributed by atoms with Crippen LogP contribution in [0.3, 0.4) is 0 Å². The molecule has 1 aliphatic rings. The number of carbonyl (C=O) groups excluding carboxylic acids is 2. The minimum atomic E-state index is -0.761. The predicted molar refractivity (Wildman–Crippen MR) is 111 cm³/mol. The third-order valence-corrected chi connectivity index (χ3v) is 5.21. The lowest BCUT2D eigenvalue weighted by atomic mass is 10.0. The molecule has 1 heterocycles. The number of halogens is 2. The van der Waals surface area contributed by atoms with Crippen LogP contribution in [0.1, 0.15) is 11.6 Å². The zero-order valence-electron chi connectivity index (χ0n) is 16.2. The first-order valence-electron chi connectivity index (χ1n) is 9.45. The number of carbonyl (C=O) groups is 2. The molecule has 0 aliphatic carbocycles. The first kappa shape index (κ1) is 21.2. The zero-order chi connectivity index (χ0) is 20.8. The van der Waals surface area contributed by atoms with Gasteiger partial charge in [0, 0.05) is 43.4 Å². The van der Waals surface area contributed by atoms with E-state index in [0.29, 0.717) is 10.7 Å². The van der Waals surface area contributed by atoms with Crippen molar-refractivity contribution in [3.8, 4) is 0 Å². The predicted octanol–water partition coefficient (Wildman–Crippen LogP) is 2.52. The minimum Gasteiger partial charge on any atom is -0.346 e. The van der Waals surface area contributed by atoms with Gasteiger partial charge in [-0.2, -0.15) is 0 Å². The Labute approximate surface area is 174 Å². The average Bonchev–Trinajstić information content (AvgIpc) is 2.70. The highest BCUT2D eigenvalue weighted by molar-refractivity contribution is 6.39. The maximum atomic E-state index is 13.3. The van der Waals surface area contributed by atoms with Crippen molar-refractivity contribution in [2.75, 3.05) is 45.1 Å². The molecule has 0 radical (unpaired) electrons. The molecule has 3 rings (SSSR count). The molecule has 0 bridgehead atoms. The number of hydrogen-bond acceptors (Lipinski definition) is 4. The van der Waals surface area contributed by atoms with E-state index in [-0.39, 0.29) is 18.4 Å². The van der Waals surface area contributed by atoms with E-state index in [1.54, 1.807) is 36.4 Å². The molecular formula is C21H24ClFN4O2. The van der Waals surface area contributed by atoms with Gasteiger partial charge in [0.2, 0.25) is 0 Å². The molecule has 2 amide bonds. The molecule has 2 aromatic carbocycles. The van der Waals surface area contributed by atoms with Crippen LogP contribution in [0.25, 0.3) is 0 Å². The molecule has 8 heteroatoms. The number of nitrogens with one attached hydrogen (secondary N) is 2. The fraction of sp³-hybridized carbons (Fsp3) is 0.333. The number of benzene rings is 2. The van der Waals surface area contributed by atoms with Crippen LogP contribution < -0.4 is 10.6 Å². The standard InChI is InChI=1S/C21H24ClFN4O2/c1-26-9-11-27(12-10-26)19(15-5-7-17(23)8-6-15)14-24-20(28)21(29)25-18-4-2-3-16(22)13-18/h2-8,13,19H,9-12,14H2,1H3,(H,24,28)(H,25,29). The van der Waals surface area contributed by atoms with Crippen molar-refractivity contribution >= 4 is 29.1 Å². The van der Waals surface area contributed by atoms with E-state index >= 15 is 0 Å². The fourth-order valence-corrected chi connectivity index (χ4v) is 3.49. The van der Waals surface area contributed by atoms with Crippen LogP contribution in [0.5, 0.6) is 0 Å². The lowest BCUT2D eigenvalue weighted by molar-refractivity contribution is -0.136. The van der Waals surface area contributed by atoms with Crippen molar-refractivity contribution in [1.82, 2.24) is 15.1 Å². The molecule has 154 valence electrons. The van der Waals surface area contributed by atoms with Gasteiger partial charge in [-0.3, -0.25) is 14.5 Å². The van der Waals surface area contributed by atoms with Gasteiger partial charge < -0.3 is 15.5 Å². The molecule has 2 N–H and O–H groups in total. The van der Waals surface area contributed by atoms with E-state index in [4.69, 9.17) is 11.6 Å². The second kappa shape index (κ2) is 9.82. The minimum absolute atomic E-state index is 0.146. The number of likely N-dealkylation sites (N-methyl/N-ethyl adjacent to an activating group) is 1. The molecule has 1 fully saturated rings. The number of hydrogen-bond donors (Lipinski definition) is 2. The second-order valence-electron chi connectivity index (χ2n) is 7.08. The molecule has 2 aromatic rings. The normalized spacial score (nSPS) is 16.2. The van der Waals surface area contributed by atoms with Crippen molar-refractivity contribution in [2.45, 2.75) is 6.04 Å². The van der Waals surface area contributed by atoms with Gasteiger partial charge in [-0.15, -0.1) is 0 Å². The van der Waals surface area contributed by atoms with Crippen molar-refractivity contribution in [3.63, 3.8) is 0 Å². The van der Waals surface area contributed by atoms with Crippen LogP contribution in [-0.4, -0.2) is 61.4 Å². The molecule has 1 aliphatic heterocycles. The highest BCUT2D eigenvalue weighted by atomic mass is 35.5. The monoisotopic (exact) mass is 418 g/mol. The molecule has 1 atom stereocenters. The summed E-state index contributed by atoms with van der Waals surface area (Å²) in [4.78, 5) is 29.0. The van der Waals surface area contributed by atoms with Crippen LogP contribution in [0.4, 0.5) is 10.1 Å². The summed E-state index contributed by atoms with van der Waals surface area (Å²) in [6, 6.07) is 12.7. The summed E-state index contributed by atoms with van der Waals surface area (Å²) in [7, 11) is 2.06. The van der Waals surface area contributed by atoms with E-state index in [2.05, 4.69) is 27.5 Å². The van der Waals surface area contributed by atoms with E-state index in [1.807, 2.05) is 0 Å². The zero-order valence-corrected chi connectivity index (χ0v) is 17.0. The maximum absolute atomic E-state index is 13.3. The summed E-state index contributed by atoms with van der Waals surface area (Å²) in [6.07, 6.45) is 0. The number of nitrogens with zero attached hydrogens (tertiary/aromatic N) is 2. The molecule has 0 saturated carbocycles. The van der Waals surface area contributed by atoms with Gasteiger partial charge in [-0.05, 0) is 42.9 Å². The summed E-state index contributed by atoms with van der Waals surface area (Å²) in [5, 5.41) is 5.71. The van der Waals surface area contributed by atoms with E-state index in [0.717, 1.165) is 31.7 Å². The number of piperazine rings is 1. The summed E-state index contributed by atoms with van der Waals surface area (Å²) in [6.45, 7) is 3.70. The Hall–Kier alpha value is -2.48. The van der Waals surface area contributed by atoms with Gasteiger partial charge in [0.25, 0.3) is 0 Å². The van der Waals surface area contributed by atoms with Crippen molar-refractivity contribution in [3.05, 3.63) is 64.9 Å². The van der Waals surface area contributed by atoms with Crippen molar-refractivity contribution < 1.29 is 14.0 Å². The van der Waals surface area contributed by atoms with Crippen LogP contribution >= 0.6 is 11.6 Å². The third-order valence-electron chi connectivity index (χ3n) is 4.98. The first-order valence-corrected chi connectivity index (χ1v) is 9.83. The van der Waals surface area contributed by atoms with E-state index in [1.165, 1.54) is 12.1 Å². The maximum Gasteiger partial charge on any atom is 0.313 e. The average molecular weight is 419 g/mol. The topological polar surface area (TPSA) is 64.7 Å². The van der Waals surface area contributed by atoms with Crippen LogP contribution in [0.2, 0.25) is 5.02 Å². The van der Waals surface area contributed by atoms with Gasteiger partial charge in [-0.25, -0.2) is 4.39 Å². The Morgan fingerprint density at radius 3 is 2.41 bits per heavy atom. The van der Waals surface area contributed by atoms with Crippen molar-refractivity contribution in [1.29, 1.82) is 0 Å². The number of anilines is 1.